The first-order chi connectivity index (χ1) is 9.69. The Morgan fingerprint density at radius 2 is 1.85 bits per heavy atom. The van der Waals surface area contributed by atoms with Gasteiger partial charge >= 0.3 is 0 Å². The summed E-state index contributed by atoms with van der Waals surface area (Å²) >= 11 is 0. The van der Waals surface area contributed by atoms with E-state index in [0.29, 0.717) is 22.9 Å². The average Bonchev–Trinajstić information content (AvgIpc) is 2.47. The molecule has 1 N–H and O–H groups in total. The van der Waals surface area contributed by atoms with E-state index in [0.717, 1.165) is 0 Å². The van der Waals surface area contributed by atoms with E-state index in [1.165, 1.54) is 13.2 Å². The maximum Gasteiger partial charge on any atom is 0.162 e. The molecule has 0 atom stereocenters. The number of hydrogen-bond acceptors (Lipinski definition) is 4. The van der Waals surface area contributed by atoms with Crippen molar-refractivity contribution < 1.29 is 13.9 Å². The van der Waals surface area contributed by atoms with Crippen molar-refractivity contribution >= 4 is 11.4 Å². The summed E-state index contributed by atoms with van der Waals surface area (Å²) in [6, 6.07) is 11.5. The smallest absolute Gasteiger partial charge is 0.162 e. The zero-order chi connectivity index (χ0) is 14.5. The topological polar surface area (TPSA) is 54.3 Å². The molecule has 0 saturated heterocycles. The van der Waals surface area contributed by atoms with Gasteiger partial charge in [0.05, 0.1) is 19.9 Å². The predicted molar refractivity (Wildman–Crippen MR) is 73.9 cm³/mol. The summed E-state index contributed by atoms with van der Waals surface area (Å²) in [4.78, 5) is 0. The van der Waals surface area contributed by atoms with Gasteiger partial charge in [0.2, 0.25) is 0 Å². The monoisotopic (exact) mass is 272 g/mol. The number of rotatable bonds is 4. The summed E-state index contributed by atoms with van der Waals surface area (Å²) in [7, 11) is 3.08. The van der Waals surface area contributed by atoms with E-state index in [-0.39, 0.29) is 5.56 Å². The second-order valence-electron chi connectivity index (χ2n) is 3.97. The van der Waals surface area contributed by atoms with Gasteiger partial charge in [-0.15, -0.1) is 0 Å². The fourth-order valence-corrected chi connectivity index (χ4v) is 1.81. The van der Waals surface area contributed by atoms with Crippen molar-refractivity contribution in [1.29, 1.82) is 5.26 Å². The van der Waals surface area contributed by atoms with E-state index in [2.05, 4.69) is 5.32 Å². The predicted octanol–water partition coefficient (Wildman–Crippen LogP) is 3.46. The molecule has 0 amide bonds. The van der Waals surface area contributed by atoms with Crippen molar-refractivity contribution in [3.63, 3.8) is 0 Å². The molecule has 0 aliphatic carbocycles. The summed E-state index contributed by atoms with van der Waals surface area (Å²) in [6.45, 7) is 0. The maximum atomic E-state index is 13.5. The Balaban J connectivity index is 2.36. The zero-order valence-electron chi connectivity index (χ0n) is 11.1. The second-order valence-corrected chi connectivity index (χ2v) is 3.97. The van der Waals surface area contributed by atoms with Crippen LogP contribution in [0.3, 0.4) is 0 Å². The number of benzene rings is 2. The van der Waals surface area contributed by atoms with Crippen LogP contribution in [0.5, 0.6) is 11.5 Å². The Bertz CT molecular complexity index is 665. The highest BCUT2D eigenvalue weighted by Crippen LogP contribution is 2.31. The summed E-state index contributed by atoms with van der Waals surface area (Å²) < 4.78 is 23.8. The van der Waals surface area contributed by atoms with Crippen LogP contribution in [0.1, 0.15) is 5.56 Å². The number of ether oxygens (including phenoxy) is 2. The normalized spacial score (nSPS) is 9.70. The second kappa shape index (κ2) is 5.93. The van der Waals surface area contributed by atoms with Gasteiger partial charge in [0.15, 0.2) is 11.5 Å². The van der Waals surface area contributed by atoms with Crippen molar-refractivity contribution in [3.05, 3.63) is 47.8 Å². The molecule has 0 spiro atoms. The summed E-state index contributed by atoms with van der Waals surface area (Å²) in [5.74, 6) is 0.586. The van der Waals surface area contributed by atoms with Crippen molar-refractivity contribution in [1.82, 2.24) is 0 Å². The van der Waals surface area contributed by atoms with Crippen molar-refractivity contribution in [2.24, 2.45) is 0 Å². The molecular weight excluding hydrogens is 259 g/mol. The molecule has 0 radical (unpaired) electrons. The van der Waals surface area contributed by atoms with Crippen LogP contribution in [-0.4, -0.2) is 14.2 Å². The van der Waals surface area contributed by atoms with Crippen LogP contribution in [0.15, 0.2) is 36.4 Å². The molecule has 0 fully saturated rings. The van der Waals surface area contributed by atoms with Gasteiger partial charge in [-0.2, -0.15) is 5.26 Å². The van der Waals surface area contributed by atoms with Gasteiger partial charge in [-0.1, -0.05) is 6.07 Å². The van der Waals surface area contributed by atoms with Crippen LogP contribution in [0.2, 0.25) is 0 Å². The Morgan fingerprint density at radius 1 is 1.10 bits per heavy atom. The molecule has 20 heavy (non-hydrogen) atoms. The lowest BCUT2D eigenvalue weighted by atomic mass is 10.1. The van der Waals surface area contributed by atoms with E-state index in [1.54, 1.807) is 37.4 Å². The van der Waals surface area contributed by atoms with Crippen LogP contribution in [-0.2, 0) is 0 Å². The van der Waals surface area contributed by atoms with Crippen LogP contribution in [0.4, 0.5) is 15.8 Å². The van der Waals surface area contributed by atoms with Crippen LogP contribution < -0.4 is 14.8 Å². The Hall–Kier alpha value is -2.74. The number of hydrogen-bond donors (Lipinski definition) is 1. The van der Waals surface area contributed by atoms with Gasteiger partial charge in [-0.25, -0.2) is 4.39 Å². The number of nitriles is 1. The molecule has 2 aromatic carbocycles. The molecular formula is C15H13FN2O2. The van der Waals surface area contributed by atoms with E-state index in [9.17, 15) is 4.39 Å². The number of nitrogens with zero attached hydrogens (tertiary/aromatic N) is 1. The quantitative estimate of drug-likeness (QED) is 0.926. The third-order valence-electron chi connectivity index (χ3n) is 2.79. The van der Waals surface area contributed by atoms with E-state index >= 15 is 0 Å². The molecule has 2 aromatic rings. The molecule has 0 aliphatic heterocycles. The molecule has 0 unspecified atom stereocenters. The Labute approximate surface area is 116 Å². The first-order valence-corrected chi connectivity index (χ1v) is 5.87. The molecule has 0 aromatic heterocycles. The largest absolute Gasteiger partial charge is 0.493 e. The van der Waals surface area contributed by atoms with Gasteiger partial charge < -0.3 is 14.8 Å². The Morgan fingerprint density at radius 3 is 2.50 bits per heavy atom. The van der Waals surface area contributed by atoms with Gasteiger partial charge in [-0.05, 0) is 24.3 Å². The van der Waals surface area contributed by atoms with E-state index in [1.807, 2.05) is 6.07 Å². The van der Waals surface area contributed by atoms with E-state index in [4.69, 9.17) is 14.7 Å². The first kappa shape index (κ1) is 13.7. The third kappa shape index (κ3) is 2.64. The molecule has 0 bridgehead atoms. The molecule has 4 nitrogen and oxygen atoms in total. The molecule has 0 aliphatic rings. The minimum absolute atomic E-state index is 0.0257. The van der Waals surface area contributed by atoms with Gasteiger partial charge in [0, 0.05) is 11.8 Å². The van der Waals surface area contributed by atoms with Crippen molar-refractivity contribution in [3.8, 4) is 17.6 Å². The van der Waals surface area contributed by atoms with Gasteiger partial charge in [-0.3, -0.25) is 0 Å². The molecule has 0 saturated carbocycles. The van der Waals surface area contributed by atoms with Gasteiger partial charge in [0.1, 0.15) is 17.4 Å². The lowest BCUT2D eigenvalue weighted by molar-refractivity contribution is 0.355. The van der Waals surface area contributed by atoms with Crippen molar-refractivity contribution in [2.75, 3.05) is 19.5 Å². The van der Waals surface area contributed by atoms with Crippen molar-refractivity contribution in [2.45, 2.75) is 0 Å². The number of halogens is 1. The first-order valence-electron chi connectivity index (χ1n) is 5.87. The third-order valence-corrected chi connectivity index (χ3v) is 2.79. The minimum Gasteiger partial charge on any atom is -0.493 e. The zero-order valence-corrected chi connectivity index (χ0v) is 11.1. The number of nitrogens with one attached hydrogen (secondary N) is 1. The van der Waals surface area contributed by atoms with Gasteiger partial charge in [0.25, 0.3) is 0 Å². The van der Waals surface area contributed by atoms with E-state index < -0.39 is 5.82 Å². The Kier molecular flexibility index (Phi) is 4.06. The molecule has 2 rings (SSSR count). The average molecular weight is 272 g/mol. The molecule has 0 heterocycles. The standard InChI is InChI=1S/C15H13FN2O2/c1-19-14-7-6-10(8-15(14)20-2)18-13-5-3-4-12(16)11(13)9-17/h3-8,18H,1-2H3. The van der Waals surface area contributed by atoms with Crippen LogP contribution in [0, 0.1) is 17.1 Å². The van der Waals surface area contributed by atoms with Crippen LogP contribution >= 0.6 is 0 Å². The number of methoxy groups -OCH3 is 2. The summed E-state index contributed by atoms with van der Waals surface area (Å²) in [5.41, 5.74) is 1.05. The summed E-state index contributed by atoms with van der Waals surface area (Å²) in [5, 5.41) is 12.0. The highest BCUT2D eigenvalue weighted by atomic mass is 19.1. The molecule has 102 valence electrons. The maximum absolute atomic E-state index is 13.5. The highest BCUT2D eigenvalue weighted by molar-refractivity contribution is 5.68. The lowest BCUT2D eigenvalue weighted by Gasteiger charge is -2.12. The number of anilines is 2. The fraction of sp³-hybridized carbons (Fsp3) is 0.133. The lowest BCUT2D eigenvalue weighted by Crippen LogP contribution is -1.97. The fourth-order valence-electron chi connectivity index (χ4n) is 1.81. The molecule has 5 heteroatoms. The highest BCUT2D eigenvalue weighted by Gasteiger charge is 2.09. The van der Waals surface area contributed by atoms with Crippen LogP contribution in [0.25, 0.3) is 0 Å². The SMILES string of the molecule is COc1ccc(Nc2cccc(F)c2C#N)cc1OC. The summed E-state index contributed by atoms with van der Waals surface area (Å²) in [6.07, 6.45) is 0. The minimum atomic E-state index is -0.557.